The van der Waals surface area contributed by atoms with E-state index >= 15 is 0 Å². The van der Waals surface area contributed by atoms with E-state index in [9.17, 15) is 14.4 Å². The summed E-state index contributed by atoms with van der Waals surface area (Å²) in [5.74, 6) is -0.879. The van der Waals surface area contributed by atoms with E-state index in [1.165, 1.54) is 6.08 Å². The molecule has 0 spiro atoms. The highest BCUT2D eigenvalue weighted by atomic mass is 16.6. The molecular weight excluding hydrogens is 350 g/mol. The van der Waals surface area contributed by atoms with E-state index in [4.69, 9.17) is 14.2 Å². The van der Waals surface area contributed by atoms with Gasteiger partial charge in [-0.3, -0.25) is 0 Å². The van der Waals surface area contributed by atoms with Crippen molar-refractivity contribution in [2.45, 2.75) is 52.7 Å². The number of imide groups is 1. The van der Waals surface area contributed by atoms with Crippen molar-refractivity contribution in [1.82, 2.24) is 4.90 Å². The molecule has 0 aromatic heterocycles. The predicted molar refractivity (Wildman–Crippen MR) is 101 cm³/mol. The summed E-state index contributed by atoms with van der Waals surface area (Å²) in [4.78, 5) is 38.3. The van der Waals surface area contributed by atoms with Gasteiger partial charge >= 0.3 is 18.2 Å². The largest absolute Gasteiger partial charge is 0.464 e. The average Bonchev–Trinajstić information content (AvgIpc) is 2.51. The summed E-state index contributed by atoms with van der Waals surface area (Å²) in [6, 6.07) is 8.74. The molecule has 1 rings (SSSR count). The molecule has 0 aliphatic rings. The third-order valence-electron chi connectivity index (χ3n) is 2.89. The van der Waals surface area contributed by atoms with Crippen LogP contribution >= 0.6 is 0 Å². The lowest BCUT2D eigenvalue weighted by molar-refractivity contribution is -0.137. The number of carbonyl (C=O) groups excluding carboxylic acids is 3. The predicted octanol–water partition coefficient (Wildman–Crippen LogP) is 4.37. The van der Waals surface area contributed by atoms with Gasteiger partial charge in [0.2, 0.25) is 0 Å². The van der Waals surface area contributed by atoms with Gasteiger partial charge in [0.1, 0.15) is 16.9 Å². The smallest absolute Gasteiger partial charge is 0.424 e. The minimum Gasteiger partial charge on any atom is -0.464 e. The minimum absolute atomic E-state index is 0.313. The maximum atomic E-state index is 12.7. The molecule has 27 heavy (non-hydrogen) atoms. The Morgan fingerprint density at radius 3 is 1.67 bits per heavy atom. The zero-order valence-electron chi connectivity index (χ0n) is 16.9. The van der Waals surface area contributed by atoms with Gasteiger partial charge < -0.3 is 14.2 Å². The highest BCUT2D eigenvalue weighted by Gasteiger charge is 2.37. The molecule has 0 heterocycles. The molecular formula is C20H27NO6. The van der Waals surface area contributed by atoms with E-state index in [-0.39, 0.29) is 5.70 Å². The first-order valence-electron chi connectivity index (χ1n) is 8.45. The lowest BCUT2D eigenvalue weighted by Crippen LogP contribution is -2.44. The standard InChI is InChI=1S/C20H27NO6/c1-19(2,3)26-17(23)21(18(24)27-20(4,5)6)15(16(22)25-7)13-14-11-9-8-10-12-14/h8-13H,1-7H3/b15-13-. The van der Waals surface area contributed by atoms with Crippen molar-refractivity contribution in [2.24, 2.45) is 0 Å². The van der Waals surface area contributed by atoms with Crippen LogP contribution < -0.4 is 0 Å². The molecule has 2 amide bonds. The second kappa shape index (κ2) is 8.70. The van der Waals surface area contributed by atoms with Crippen molar-refractivity contribution in [1.29, 1.82) is 0 Å². The third-order valence-corrected chi connectivity index (χ3v) is 2.89. The molecule has 0 saturated carbocycles. The average molecular weight is 377 g/mol. The zero-order chi connectivity index (χ0) is 20.8. The Hall–Kier alpha value is -2.83. The Balaban J connectivity index is 3.45. The van der Waals surface area contributed by atoms with E-state index in [1.807, 2.05) is 0 Å². The van der Waals surface area contributed by atoms with Gasteiger partial charge in [0, 0.05) is 0 Å². The molecule has 0 fully saturated rings. The van der Waals surface area contributed by atoms with Crippen molar-refractivity contribution in [3.8, 4) is 0 Å². The fourth-order valence-electron chi connectivity index (χ4n) is 1.91. The van der Waals surface area contributed by atoms with Crippen LogP contribution in [-0.2, 0) is 19.0 Å². The van der Waals surface area contributed by atoms with Gasteiger partial charge in [-0.05, 0) is 53.2 Å². The van der Waals surface area contributed by atoms with Crippen LogP contribution in [0, 0.1) is 0 Å². The number of nitrogens with zero attached hydrogens (tertiary/aromatic N) is 1. The number of esters is 1. The fourth-order valence-corrected chi connectivity index (χ4v) is 1.91. The van der Waals surface area contributed by atoms with Crippen LogP contribution in [-0.4, -0.2) is 41.4 Å². The summed E-state index contributed by atoms with van der Waals surface area (Å²) >= 11 is 0. The summed E-state index contributed by atoms with van der Waals surface area (Å²) in [6.07, 6.45) is -0.715. The first-order chi connectivity index (χ1) is 12.3. The molecule has 0 radical (unpaired) electrons. The molecule has 148 valence electrons. The lowest BCUT2D eigenvalue weighted by atomic mass is 10.2. The number of rotatable bonds is 3. The van der Waals surface area contributed by atoms with Crippen molar-refractivity contribution >= 4 is 24.2 Å². The Bertz CT molecular complexity index is 682. The van der Waals surface area contributed by atoms with Crippen LogP contribution in [0.4, 0.5) is 9.59 Å². The quantitative estimate of drug-likeness (QED) is 0.442. The Morgan fingerprint density at radius 2 is 1.30 bits per heavy atom. The Kier molecular flexibility index (Phi) is 7.16. The van der Waals surface area contributed by atoms with Gasteiger partial charge in [-0.2, -0.15) is 4.90 Å². The molecule has 0 atom stereocenters. The van der Waals surface area contributed by atoms with Gasteiger partial charge in [0.25, 0.3) is 0 Å². The van der Waals surface area contributed by atoms with Crippen molar-refractivity contribution in [3.05, 3.63) is 41.6 Å². The second-order valence-electron chi connectivity index (χ2n) is 7.73. The summed E-state index contributed by atoms with van der Waals surface area (Å²) in [7, 11) is 1.16. The lowest BCUT2D eigenvalue weighted by Gasteiger charge is -2.29. The molecule has 7 nitrogen and oxygen atoms in total. The number of carbonyl (C=O) groups is 3. The van der Waals surface area contributed by atoms with Crippen molar-refractivity contribution in [2.75, 3.05) is 7.11 Å². The monoisotopic (exact) mass is 377 g/mol. The van der Waals surface area contributed by atoms with Crippen LogP contribution in [0.2, 0.25) is 0 Å². The van der Waals surface area contributed by atoms with Crippen LogP contribution in [0.25, 0.3) is 6.08 Å². The van der Waals surface area contributed by atoms with Gasteiger partial charge in [-0.1, -0.05) is 30.3 Å². The normalized spacial score (nSPS) is 12.2. The minimum atomic E-state index is -1.04. The van der Waals surface area contributed by atoms with Crippen molar-refractivity contribution < 1.29 is 28.6 Å². The fraction of sp³-hybridized carbons (Fsp3) is 0.450. The SMILES string of the molecule is COC(=O)/C(=C/c1ccccc1)N(C(=O)OC(C)(C)C)C(=O)OC(C)(C)C. The zero-order valence-corrected chi connectivity index (χ0v) is 16.9. The van der Waals surface area contributed by atoms with Gasteiger partial charge in [0.15, 0.2) is 0 Å². The highest BCUT2D eigenvalue weighted by molar-refractivity contribution is 6.04. The van der Waals surface area contributed by atoms with E-state index in [2.05, 4.69) is 0 Å². The van der Waals surface area contributed by atoms with Gasteiger partial charge in [0.05, 0.1) is 7.11 Å². The number of ether oxygens (including phenoxy) is 3. The van der Waals surface area contributed by atoms with E-state index in [0.29, 0.717) is 10.5 Å². The summed E-state index contributed by atoms with van der Waals surface area (Å²) < 4.78 is 15.3. The van der Waals surface area contributed by atoms with Gasteiger partial charge in [-0.15, -0.1) is 0 Å². The molecule has 0 bridgehead atoms. The number of benzene rings is 1. The highest BCUT2D eigenvalue weighted by Crippen LogP contribution is 2.21. The summed E-state index contributed by atoms with van der Waals surface area (Å²) in [5.41, 5.74) is -1.49. The number of amides is 2. The molecule has 7 heteroatoms. The number of methoxy groups -OCH3 is 1. The molecule has 1 aromatic rings. The van der Waals surface area contributed by atoms with Crippen LogP contribution in [0.15, 0.2) is 36.0 Å². The molecule has 0 aliphatic carbocycles. The summed E-state index contributed by atoms with van der Waals surface area (Å²) in [6.45, 7) is 9.90. The molecule has 1 aromatic carbocycles. The van der Waals surface area contributed by atoms with E-state index < -0.39 is 29.4 Å². The molecule has 0 aliphatic heterocycles. The van der Waals surface area contributed by atoms with Crippen LogP contribution in [0.1, 0.15) is 47.1 Å². The van der Waals surface area contributed by atoms with E-state index in [0.717, 1.165) is 7.11 Å². The maximum Gasteiger partial charge on any atom is 0.424 e. The number of hydrogen-bond acceptors (Lipinski definition) is 6. The van der Waals surface area contributed by atoms with E-state index in [1.54, 1.807) is 71.9 Å². The first kappa shape index (κ1) is 22.2. The second-order valence-corrected chi connectivity index (χ2v) is 7.73. The van der Waals surface area contributed by atoms with Gasteiger partial charge in [-0.25, -0.2) is 14.4 Å². The third kappa shape index (κ3) is 7.52. The first-order valence-corrected chi connectivity index (χ1v) is 8.45. The Morgan fingerprint density at radius 1 is 0.852 bits per heavy atom. The maximum absolute atomic E-state index is 12.7. The van der Waals surface area contributed by atoms with Crippen LogP contribution in [0.3, 0.4) is 0 Å². The van der Waals surface area contributed by atoms with Crippen LogP contribution in [0.5, 0.6) is 0 Å². The number of hydrogen-bond donors (Lipinski definition) is 0. The molecule has 0 N–H and O–H groups in total. The topological polar surface area (TPSA) is 82.1 Å². The summed E-state index contributed by atoms with van der Waals surface area (Å²) in [5, 5.41) is 0. The molecule has 0 saturated heterocycles. The molecule has 0 unspecified atom stereocenters. The van der Waals surface area contributed by atoms with Crippen molar-refractivity contribution in [3.63, 3.8) is 0 Å². The Labute approximate surface area is 159 Å².